The highest BCUT2D eigenvalue weighted by atomic mass is 15.2. The number of aliphatic imine (C=N–C) groups is 1. The van der Waals surface area contributed by atoms with Crippen molar-refractivity contribution in [2.75, 3.05) is 26.7 Å². The van der Waals surface area contributed by atoms with Crippen molar-refractivity contribution < 1.29 is 0 Å². The number of fused-ring (bicyclic) bond motifs is 1. The molecule has 3 rings (SSSR count). The Labute approximate surface area is 127 Å². The summed E-state index contributed by atoms with van der Waals surface area (Å²) in [7, 11) is 1.85. The third-order valence-electron chi connectivity index (χ3n) is 4.59. The third kappa shape index (κ3) is 3.76. The average molecular weight is 286 g/mol. The molecule has 0 bridgehead atoms. The molecule has 1 aromatic rings. The van der Waals surface area contributed by atoms with Crippen LogP contribution in [0.5, 0.6) is 0 Å². The first-order chi connectivity index (χ1) is 10.3. The Morgan fingerprint density at radius 2 is 2.10 bits per heavy atom. The van der Waals surface area contributed by atoms with Gasteiger partial charge in [0.1, 0.15) is 0 Å². The van der Waals surface area contributed by atoms with Crippen LogP contribution in [0.2, 0.25) is 0 Å². The fourth-order valence-electron chi connectivity index (χ4n) is 2.97. The van der Waals surface area contributed by atoms with E-state index in [4.69, 9.17) is 0 Å². The number of guanidine groups is 1. The summed E-state index contributed by atoms with van der Waals surface area (Å²) in [5.41, 5.74) is 3.00. The van der Waals surface area contributed by atoms with E-state index in [9.17, 15) is 0 Å². The van der Waals surface area contributed by atoms with E-state index in [-0.39, 0.29) is 0 Å². The highest BCUT2D eigenvalue weighted by Gasteiger charge is 2.33. The molecule has 0 amide bonds. The molecular weight excluding hydrogens is 260 g/mol. The highest BCUT2D eigenvalue weighted by molar-refractivity contribution is 5.80. The summed E-state index contributed by atoms with van der Waals surface area (Å²) in [6, 6.07) is 9.42. The Hall–Kier alpha value is -1.55. The standard InChI is InChI=1S/C17H26N4/c1-13-11-16(13)20-17(18-2)19-8-10-21-9-7-14-5-3-4-6-15(14)12-21/h3-6,13,16H,7-12H2,1-2H3,(H2,18,19,20). The zero-order valence-corrected chi connectivity index (χ0v) is 13.1. The predicted octanol–water partition coefficient (Wildman–Crippen LogP) is 1.62. The molecule has 4 nitrogen and oxygen atoms in total. The quantitative estimate of drug-likeness (QED) is 0.653. The summed E-state index contributed by atoms with van der Waals surface area (Å²) >= 11 is 0. The molecule has 2 N–H and O–H groups in total. The first-order valence-electron chi connectivity index (χ1n) is 8.02. The summed E-state index contributed by atoms with van der Waals surface area (Å²) in [6.45, 7) is 6.52. The van der Waals surface area contributed by atoms with Crippen LogP contribution < -0.4 is 10.6 Å². The second-order valence-electron chi connectivity index (χ2n) is 6.26. The number of nitrogens with zero attached hydrogens (tertiary/aromatic N) is 2. The van der Waals surface area contributed by atoms with Crippen molar-refractivity contribution >= 4 is 5.96 Å². The highest BCUT2D eigenvalue weighted by Crippen LogP contribution is 2.28. The molecule has 1 saturated carbocycles. The minimum Gasteiger partial charge on any atom is -0.355 e. The normalized spacial score (nSPS) is 25.3. The van der Waals surface area contributed by atoms with Crippen LogP contribution in [0.25, 0.3) is 0 Å². The van der Waals surface area contributed by atoms with Crippen LogP contribution in [-0.4, -0.2) is 43.6 Å². The molecule has 1 aromatic carbocycles. The lowest BCUT2D eigenvalue weighted by atomic mass is 10.00. The summed E-state index contributed by atoms with van der Waals surface area (Å²) in [6.07, 6.45) is 2.44. The van der Waals surface area contributed by atoms with E-state index in [1.807, 2.05) is 7.05 Å². The smallest absolute Gasteiger partial charge is 0.191 e. The van der Waals surface area contributed by atoms with E-state index in [0.717, 1.165) is 38.1 Å². The van der Waals surface area contributed by atoms with Gasteiger partial charge in [0.05, 0.1) is 0 Å². The number of hydrogen-bond acceptors (Lipinski definition) is 2. The first kappa shape index (κ1) is 14.4. The van der Waals surface area contributed by atoms with E-state index < -0.39 is 0 Å². The van der Waals surface area contributed by atoms with E-state index in [1.54, 1.807) is 0 Å². The van der Waals surface area contributed by atoms with Crippen molar-refractivity contribution in [2.24, 2.45) is 10.9 Å². The minimum absolute atomic E-state index is 0.623. The maximum atomic E-state index is 4.30. The van der Waals surface area contributed by atoms with Gasteiger partial charge < -0.3 is 10.6 Å². The fourth-order valence-corrected chi connectivity index (χ4v) is 2.97. The van der Waals surface area contributed by atoms with Crippen molar-refractivity contribution in [1.29, 1.82) is 0 Å². The van der Waals surface area contributed by atoms with Crippen LogP contribution in [0.15, 0.2) is 29.3 Å². The third-order valence-corrected chi connectivity index (χ3v) is 4.59. The van der Waals surface area contributed by atoms with Gasteiger partial charge in [-0.3, -0.25) is 9.89 Å². The van der Waals surface area contributed by atoms with Gasteiger partial charge in [-0.15, -0.1) is 0 Å². The van der Waals surface area contributed by atoms with E-state index in [2.05, 4.69) is 51.7 Å². The van der Waals surface area contributed by atoms with Crippen molar-refractivity contribution in [2.45, 2.75) is 32.4 Å². The molecule has 114 valence electrons. The molecule has 0 radical (unpaired) electrons. The van der Waals surface area contributed by atoms with Crippen molar-refractivity contribution in [3.05, 3.63) is 35.4 Å². The summed E-state index contributed by atoms with van der Waals surface area (Å²) in [4.78, 5) is 6.81. The van der Waals surface area contributed by atoms with Gasteiger partial charge in [0.2, 0.25) is 0 Å². The van der Waals surface area contributed by atoms with Crippen LogP contribution in [0.4, 0.5) is 0 Å². The number of nitrogens with one attached hydrogen (secondary N) is 2. The molecule has 1 aliphatic carbocycles. The van der Waals surface area contributed by atoms with Gasteiger partial charge in [-0.2, -0.15) is 0 Å². The largest absolute Gasteiger partial charge is 0.355 e. The first-order valence-corrected chi connectivity index (χ1v) is 8.02. The number of rotatable bonds is 4. The molecule has 21 heavy (non-hydrogen) atoms. The minimum atomic E-state index is 0.623. The molecule has 2 unspecified atom stereocenters. The molecule has 1 aliphatic heterocycles. The molecule has 1 heterocycles. The monoisotopic (exact) mass is 286 g/mol. The molecule has 0 aromatic heterocycles. The molecule has 1 fully saturated rings. The van der Waals surface area contributed by atoms with Crippen LogP contribution in [0, 0.1) is 5.92 Å². The molecule has 0 saturated heterocycles. The number of benzene rings is 1. The summed E-state index contributed by atoms with van der Waals surface area (Å²) < 4.78 is 0. The second-order valence-corrected chi connectivity index (χ2v) is 6.26. The van der Waals surface area contributed by atoms with Crippen molar-refractivity contribution in [3.63, 3.8) is 0 Å². The molecule has 0 spiro atoms. The zero-order valence-electron chi connectivity index (χ0n) is 13.1. The SMILES string of the molecule is CN=C(NCCN1CCc2ccccc2C1)NC1CC1C. The van der Waals surface area contributed by atoms with E-state index >= 15 is 0 Å². The predicted molar refractivity (Wildman–Crippen MR) is 87.5 cm³/mol. The molecule has 2 aliphatic rings. The average Bonchev–Trinajstić information content (AvgIpc) is 3.21. The summed E-state index contributed by atoms with van der Waals surface area (Å²) in [5, 5.41) is 6.89. The lowest BCUT2D eigenvalue weighted by Crippen LogP contribution is -2.43. The van der Waals surface area contributed by atoms with Crippen LogP contribution in [-0.2, 0) is 13.0 Å². The van der Waals surface area contributed by atoms with Gasteiger partial charge in [-0.1, -0.05) is 31.2 Å². The van der Waals surface area contributed by atoms with Gasteiger partial charge in [0.25, 0.3) is 0 Å². The van der Waals surface area contributed by atoms with Crippen LogP contribution >= 0.6 is 0 Å². The van der Waals surface area contributed by atoms with Gasteiger partial charge in [0, 0.05) is 39.3 Å². The zero-order chi connectivity index (χ0) is 14.7. The number of hydrogen-bond donors (Lipinski definition) is 2. The maximum Gasteiger partial charge on any atom is 0.191 e. The van der Waals surface area contributed by atoms with Gasteiger partial charge in [-0.25, -0.2) is 0 Å². The molecular formula is C17H26N4. The van der Waals surface area contributed by atoms with Crippen molar-refractivity contribution in [1.82, 2.24) is 15.5 Å². The van der Waals surface area contributed by atoms with E-state index in [0.29, 0.717) is 6.04 Å². The summed E-state index contributed by atoms with van der Waals surface area (Å²) in [5.74, 6) is 1.74. The Bertz CT molecular complexity index is 511. The molecule has 4 heteroatoms. The van der Waals surface area contributed by atoms with Gasteiger partial charge in [0.15, 0.2) is 5.96 Å². The maximum absolute atomic E-state index is 4.30. The van der Waals surface area contributed by atoms with Crippen LogP contribution in [0.1, 0.15) is 24.5 Å². The van der Waals surface area contributed by atoms with Gasteiger partial charge >= 0.3 is 0 Å². The Kier molecular flexibility index (Phi) is 4.44. The van der Waals surface area contributed by atoms with Gasteiger partial charge in [-0.05, 0) is 29.9 Å². The van der Waals surface area contributed by atoms with Crippen molar-refractivity contribution in [3.8, 4) is 0 Å². The Balaban J connectivity index is 1.42. The Morgan fingerprint density at radius 3 is 2.81 bits per heavy atom. The lowest BCUT2D eigenvalue weighted by Gasteiger charge is -2.28. The topological polar surface area (TPSA) is 39.7 Å². The second kappa shape index (κ2) is 6.48. The lowest BCUT2D eigenvalue weighted by molar-refractivity contribution is 0.258. The van der Waals surface area contributed by atoms with Crippen LogP contribution in [0.3, 0.4) is 0 Å². The van der Waals surface area contributed by atoms with E-state index in [1.165, 1.54) is 24.0 Å². The fraction of sp³-hybridized carbons (Fsp3) is 0.588. The Morgan fingerprint density at radius 1 is 1.33 bits per heavy atom. The molecule has 2 atom stereocenters.